The molecule has 0 aliphatic heterocycles. The van der Waals surface area contributed by atoms with Gasteiger partial charge in [-0.1, -0.05) is 17.7 Å². The van der Waals surface area contributed by atoms with Crippen LogP contribution in [0.5, 0.6) is 0 Å². The molecule has 16 heavy (non-hydrogen) atoms. The topological polar surface area (TPSA) is 67.4 Å². The number of benzene rings is 1. The van der Waals surface area contributed by atoms with E-state index in [0.29, 0.717) is 5.56 Å². The minimum Gasteiger partial charge on any atom is -0.343 e. The van der Waals surface area contributed by atoms with Gasteiger partial charge < -0.3 is 5.32 Å². The highest BCUT2D eigenvalue weighted by Crippen LogP contribution is 2.03. The van der Waals surface area contributed by atoms with Crippen LogP contribution in [0.25, 0.3) is 0 Å². The fraction of sp³-hybridized carbons (Fsp3) is 0.273. The Kier molecular flexibility index (Phi) is 4.47. The Balaban J connectivity index is 2.50. The van der Waals surface area contributed by atoms with Crippen molar-refractivity contribution in [1.82, 2.24) is 10.8 Å². The van der Waals surface area contributed by atoms with Crippen LogP contribution in [-0.4, -0.2) is 25.5 Å². The molecule has 1 aromatic carbocycles. The van der Waals surface area contributed by atoms with E-state index in [1.807, 2.05) is 13.0 Å². The molecule has 0 aromatic heterocycles. The number of rotatable bonds is 4. The van der Waals surface area contributed by atoms with Gasteiger partial charge in [0.05, 0.1) is 13.7 Å². The van der Waals surface area contributed by atoms with E-state index in [4.69, 9.17) is 0 Å². The highest BCUT2D eigenvalue weighted by molar-refractivity contribution is 5.96. The molecule has 5 nitrogen and oxygen atoms in total. The van der Waals surface area contributed by atoms with Gasteiger partial charge in [-0.3, -0.25) is 14.4 Å². The normalized spacial score (nSPS) is 9.62. The fourth-order valence-corrected chi connectivity index (χ4v) is 1.20. The van der Waals surface area contributed by atoms with Crippen LogP contribution in [0.1, 0.15) is 15.9 Å². The summed E-state index contributed by atoms with van der Waals surface area (Å²) in [5, 5.41) is 2.48. The summed E-state index contributed by atoms with van der Waals surface area (Å²) in [6, 6.07) is 7.13. The molecule has 0 spiro atoms. The minimum absolute atomic E-state index is 0.111. The Hall–Kier alpha value is -1.88. The first-order chi connectivity index (χ1) is 7.63. The van der Waals surface area contributed by atoms with Gasteiger partial charge in [-0.2, -0.15) is 0 Å². The van der Waals surface area contributed by atoms with Gasteiger partial charge in [0.15, 0.2) is 0 Å². The summed E-state index contributed by atoms with van der Waals surface area (Å²) in [6.07, 6.45) is 0. The first-order valence-electron chi connectivity index (χ1n) is 4.80. The van der Waals surface area contributed by atoms with Gasteiger partial charge in [-0.25, -0.2) is 5.48 Å². The van der Waals surface area contributed by atoms with Crippen molar-refractivity contribution < 1.29 is 14.4 Å². The van der Waals surface area contributed by atoms with E-state index in [1.54, 1.807) is 18.2 Å². The molecule has 0 aliphatic carbocycles. The van der Waals surface area contributed by atoms with E-state index in [9.17, 15) is 9.59 Å². The summed E-state index contributed by atoms with van der Waals surface area (Å²) in [7, 11) is 1.33. The Bertz CT molecular complexity index is 391. The third kappa shape index (κ3) is 3.70. The molecule has 0 heterocycles. The summed E-state index contributed by atoms with van der Waals surface area (Å²) in [4.78, 5) is 27.0. The van der Waals surface area contributed by atoms with Crippen molar-refractivity contribution in [2.75, 3.05) is 13.7 Å². The Morgan fingerprint density at radius 2 is 2.12 bits per heavy atom. The number of hydroxylamine groups is 1. The van der Waals surface area contributed by atoms with Crippen LogP contribution in [0, 0.1) is 6.92 Å². The van der Waals surface area contributed by atoms with Crippen LogP contribution in [0.3, 0.4) is 0 Å². The van der Waals surface area contributed by atoms with Gasteiger partial charge in [0, 0.05) is 5.56 Å². The Morgan fingerprint density at radius 3 is 2.75 bits per heavy atom. The Morgan fingerprint density at radius 1 is 1.38 bits per heavy atom. The van der Waals surface area contributed by atoms with Crippen LogP contribution in [0.4, 0.5) is 0 Å². The molecule has 86 valence electrons. The molecule has 1 aromatic rings. The highest BCUT2D eigenvalue weighted by Gasteiger charge is 2.07. The predicted octanol–water partition coefficient (Wildman–Crippen LogP) is 0.402. The number of amides is 2. The number of carbonyl (C=O) groups excluding carboxylic acids is 2. The molecular weight excluding hydrogens is 208 g/mol. The maximum absolute atomic E-state index is 11.6. The maximum Gasteiger partial charge on any atom is 0.262 e. The molecule has 0 radical (unpaired) electrons. The van der Waals surface area contributed by atoms with Crippen LogP contribution in [0.2, 0.25) is 0 Å². The van der Waals surface area contributed by atoms with Crippen molar-refractivity contribution in [1.29, 1.82) is 0 Å². The van der Waals surface area contributed by atoms with Crippen molar-refractivity contribution in [2.45, 2.75) is 6.92 Å². The van der Waals surface area contributed by atoms with Gasteiger partial charge in [0.25, 0.3) is 11.8 Å². The molecule has 5 heteroatoms. The molecule has 0 saturated heterocycles. The Labute approximate surface area is 93.7 Å². The zero-order valence-electron chi connectivity index (χ0n) is 9.24. The quantitative estimate of drug-likeness (QED) is 0.725. The molecular formula is C11H14N2O3. The van der Waals surface area contributed by atoms with Gasteiger partial charge in [0.2, 0.25) is 0 Å². The summed E-state index contributed by atoms with van der Waals surface area (Å²) in [5.74, 6) is -0.682. The molecule has 0 atom stereocenters. The third-order valence-corrected chi connectivity index (χ3v) is 1.91. The van der Waals surface area contributed by atoms with Crippen molar-refractivity contribution in [3.05, 3.63) is 35.4 Å². The van der Waals surface area contributed by atoms with E-state index >= 15 is 0 Å². The number of nitrogens with one attached hydrogen (secondary N) is 2. The van der Waals surface area contributed by atoms with E-state index in [2.05, 4.69) is 15.6 Å². The number of carbonyl (C=O) groups is 2. The lowest BCUT2D eigenvalue weighted by Gasteiger charge is -2.05. The SMILES string of the molecule is CONC(=O)CNC(=O)c1cccc(C)c1. The fourth-order valence-electron chi connectivity index (χ4n) is 1.20. The zero-order chi connectivity index (χ0) is 12.0. The van der Waals surface area contributed by atoms with Crippen LogP contribution in [-0.2, 0) is 9.63 Å². The van der Waals surface area contributed by atoms with Crippen LogP contribution >= 0.6 is 0 Å². The largest absolute Gasteiger partial charge is 0.343 e. The van der Waals surface area contributed by atoms with Gasteiger partial charge >= 0.3 is 0 Å². The van der Waals surface area contributed by atoms with E-state index in [-0.39, 0.29) is 12.5 Å². The average molecular weight is 222 g/mol. The van der Waals surface area contributed by atoms with E-state index < -0.39 is 5.91 Å². The third-order valence-electron chi connectivity index (χ3n) is 1.91. The second kappa shape index (κ2) is 5.87. The molecule has 1 rings (SSSR count). The van der Waals surface area contributed by atoms with E-state index in [0.717, 1.165) is 5.56 Å². The summed E-state index contributed by atoms with van der Waals surface area (Å²) < 4.78 is 0. The lowest BCUT2D eigenvalue weighted by molar-refractivity contribution is -0.130. The van der Waals surface area contributed by atoms with Crippen LogP contribution < -0.4 is 10.8 Å². The lowest BCUT2D eigenvalue weighted by atomic mass is 10.1. The van der Waals surface area contributed by atoms with Crippen molar-refractivity contribution in [2.24, 2.45) is 0 Å². The monoisotopic (exact) mass is 222 g/mol. The summed E-state index contributed by atoms with van der Waals surface area (Å²) >= 11 is 0. The summed E-state index contributed by atoms with van der Waals surface area (Å²) in [6.45, 7) is 1.79. The van der Waals surface area contributed by atoms with Gasteiger partial charge in [-0.05, 0) is 19.1 Å². The second-order valence-corrected chi connectivity index (χ2v) is 3.28. The first-order valence-corrected chi connectivity index (χ1v) is 4.80. The molecule has 0 saturated carbocycles. The van der Waals surface area contributed by atoms with Crippen molar-refractivity contribution in [3.8, 4) is 0 Å². The summed E-state index contributed by atoms with van der Waals surface area (Å²) in [5.41, 5.74) is 3.64. The molecule has 0 unspecified atom stereocenters. The highest BCUT2D eigenvalue weighted by atomic mass is 16.6. The second-order valence-electron chi connectivity index (χ2n) is 3.28. The van der Waals surface area contributed by atoms with Crippen molar-refractivity contribution >= 4 is 11.8 Å². The minimum atomic E-state index is -0.400. The first kappa shape index (κ1) is 12.2. The lowest BCUT2D eigenvalue weighted by Crippen LogP contribution is -2.36. The molecule has 0 fully saturated rings. The number of hydrogen-bond donors (Lipinski definition) is 2. The molecule has 2 N–H and O–H groups in total. The number of hydrogen-bond acceptors (Lipinski definition) is 3. The standard InChI is InChI=1S/C11H14N2O3/c1-8-4-3-5-9(6-8)11(15)12-7-10(14)13-16-2/h3-6H,7H2,1-2H3,(H,12,15)(H,13,14). The zero-order valence-corrected chi connectivity index (χ0v) is 9.24. The molecule has 2 amide bonds. The number of aryl methyl sites for hydroxylation is 1. The molecule has 0 aliphatic rings. The van der Waals surface area contributed by atoms with Gasteiger partial charge in [-0.15, -0.1) is 0 Å². The average Bonchev–Trinajstić information content (AvgIpc) is 2.26. The maximum atomic E-state index is 11.6. The van der Waals surface area contributed by atoms with Crippen LogP contribution in [0.15, 0.2) is 24.3 Å². The molecule has 0 bridgehead atoms. The van der Waals surface area contributed by atoms with E-state index in [1.165, 1.54) is 7.11 Å². The predicted molar refractivity (Wildman–Crippen MR) is 58.7 cm³/mol. The smallest absolute Gasteiger partial charge is 0.262 e. The van der Waals surface area contributed by atoms with Crippen molar-refractivity contribution in [3.63, 3.8) is 0 Å². The van der Waals surface area contributed by atoms with Gasteiger partial charge in [0.1, 0.15) is 0 Å².